The molecule has 0 aliphatic heterocycles. The third kappa shape index (κ3) is 3.23. The van der Waals surface area contributed by atoms with Crippen molar-refractivity contribution in [2.75, 3.05) is 6.61 Å². The smallest absolute Gasteiger partial charge is 0.0739 e. The third-order valence-electron chi connectivity index (χ3n) is 3.16. The van der Waals surface area contributed by atoms with Crippen LogP contribution < -0.4 is 5.32 Å². The number of rotatable bonds is 5. The highest BCUT2D eigenvalue weighted by Crippen LogP contribution is 2.21. The minimum absolute atomic E-state index is 0.0664. The molecule has 0 amide bonds. The lowest BCUT2D eigenvalue weighted by atomic mass is 10.1. The Labute approximate surface area is 121 Å². The van der Waals surface area contributed by atoms with Crippen molar-refractivity contribution in [3.05, 3.63) is 51.8 Å². The molecule has 19 heavy (non-hydrogen) atoms. The van der Waals surface area contributed by atoms with Gasteiger partial charge in [-0.2, -0.15) is 5.10 Å². The van der Waals surface area contributed by atoms with Gasteiger partial charge in [-0.1, -0.05) is 30.3 Å². The molecule has 0 aliphatic carbocycles. The van der Waals surface area contributed by atoms with Crippen molar-refractivity contribution in [2.45, 2.75) is 19.5 Å². The molecule has 102 valence electrons. The van der Waals surface area contributed by atoms with Gasteiger partial charge in [0, 0.05) is 13.6 Å². The maximum atomic E-state index is 9.50. The second-order valence-corrected chi connectivity index (χ2v) is 5.29. The summed E-state index contributed by atoms with van der Waals surface area (Å²) in [6, 6.07) is 9.88. The first-order valence-electron chi connectivity index (χ1n) is 6.20. The predicted molar refractivity (Wildman–Crippen MR) is 78.8 cm³/mol. The first kappa shape index (κ1) is 14.2. The number of nitrogens with zero attached hydrogens (tertiary/aromatic N) is 2. The van der Waals surface area contributed by atoms with E-state index in [-0.39, 0.29) is 12.6 Å². The Hall–Kier alpha value is -1.17. The quantitative estimate of drug-likeness (QED) is 0.887. The van der Waals surface area contributed by atoms with E-state index in [1.807, 2.05) is 49.0 Å². The van der Waals surface area contributed by atoms with Crippen LogP contribution in [0.5, 0.6) is 0 Å². The summed E-state index contributed by atoms with van der Waals surface area (Å²) >= 11 is 3.54. The molecule has 1 unspecified atom stereocenters. The highest BCUT2D eigenvalue weighted by molar-refractivity contribution is 9.10. The van der Waals surface area contributed by atoms with Gasteiger partial charge in [0.1, 0.15) is 0 Å². The number of hydrogen-bond acceptors (Lipinski definition) is 3. The molecule has 2 N–H and O–H groups in total. The van der Waals surface area contributed by atoms with Gasteiger partial charge < -0.3 is 10.4 Å². The second kappa shape index (κ2) is 6.32. The molecule has 0 bridgehead atoms. The Morgan fingerprint density at radius 3 is 2.58 bits per heavy atom. The normalized spacial score (nSPS) is 12.6. The molecular formula is C14H18BrN3O. The van der Waals surface area contributed by atoms with Crippen LogP contribution in [0.25, 0.3) is 0 Å². The van der Waals surface area contributed by atoms with E-state index < -0.39 is 0 Å². The van der Waals surface area contributed by atoms with Crippen LogP contribution in [0.2, 0.25) is 0 Å². The molecule has 2 aromatic rings. The third-order valence-corrected chi connectivity index (χ3v) is 4.19. The highest BCUT2D eigenvalue weighted by Gasteiger charge is 2.14. The monoisotopic (exact) mass is 323 g/mol. The average molecular weight is 324 g/mol. The number of nitrogens with one attached hydrogen (secondary N) is 1. The first-order valence-corrected chi connectivity index (χ1v) is 7.00. The molecule has 4 nitrogen and oxygen atoms in total. The summed E-state index contributed by atoms with van der Waals surface area (Å²) in [5.74, 6) is 0. The molecule has 0 saturated heterocycles. The maximum absolute atomic E-state index is 9.50. The summed E-state index contributed by atoms with van der Waals surface area (Å²) in [6.45, 7) is 2.69. The molecular weight excluding hydrogens is 306 g/mol. The predicted octanol–water partition coefficient (Wildman–Crippen LogP) is 2.31. The number of benzene rings is 1. The Balaban J connectivity index is 2.08. The Bertz CT molecular complexity index is 539. The Morgan fingerprint density at radius 1 is 1.37 bits per heavy atom. The van der Waals surface area contributed by atoms with Crippen LogP contribution >= 0.6 is 15.9 Å². The maximum Gasteiger partial charge on any atom is 0.0739 e. The average Bonchev–Trinajstić information content (AvgIpc) is 2.66. The second-order valence-electron chi connectivity index (χ2n) is 4.50. The van der Waals surface area contributed by atoms with Crippen LogP contribution in [-0.4, -0.2) is 21.5 Å². The van der Waals surface area contributed by atoms with Crippen molar-refractivity contribution in [1.82, 2.24) is 15.1 Å². The lowest BCUT2D eigenvalue weighted by molar-refractivity contribution is 0.243. The van der Waals surface area contributed by atoms with Gasteiger partial charge in [-0.15, -0.1) is 0 Å². The fraction of sp³-hybridized carbons (Fsp3) is 0.357. The van der Waals surface area contributed by atoms with Crippen LogP contribution in [0.15, 0.2) is 34.8 Å². The SMILES string of the molecule is Cc1nn(C)c(CNC(CO)c2ccccc2)c1Br. The van der Waals surface area contributed by atoms with Crippen LogP contribution in [0, 0.1) is 6.92 Å². The van der Waals surface area contributed by atoms with E-state index in [4.69, 9.17) is 0 Å². The summed E-state index contributed by atoms with van der Waals surface area (Å²) < 4.78 is 2.87. The summed E-state index contributed by atoms with van der Waals surface area (Å²) in [6.07, 6.45) is 0. The summed E-state index contributed by atoms with van der Waals surface area (Å²) in [5.41, 5.74) is 3.13. The van der Waals surface area contributed by atoms with Gasteiger partial charge in [-0.05, 0) is 28.4 Å². The van der Waals surface area contributed by atoms with Crippen molar-refractivity contribution >= 4 is 15.9 Å². The largest absolute Gasteiger partial charge is 0.394 e. The molecule has 2 rings (SSSR count). The Morgan fingerprint density at radius 2 is 2.05 bits per heavy atom. The standard InChI is InChI=1S/C14H18BrN3O/c1-10-14(15)13(18(2)17-10)8-16-12(9-19)11-6-4-3-5-7-11/h3-7,12,16,19H,8-9H2,1-2H3. The van der Waals surface area contributed by atoms with Gasteiger partial charge in [0.15, 0.2) is 0 Å². The molecule has 0 fully saturated rings. The lowest BCUT2D eigenvalue weighted by Gasteiger charge is -2.17. The van der Waals surface area contributed by atoms with Gasteiger partial charge in [0.25, 0.3) is 0 Å². The zero-order valence-electron chi connectivity index (χ0n) is 11.1. The minimum atomic E-state index is -0.0664. The van der Waals surface area contributed by atoms with Crippen LogP contribution in [0.4, 0.5) is 0 Å². The summed E-state index contributed by atoms with van der Waals surface area (Å²) in [7, 11) is 1.92. The molecule has 1 heterocycles. The first-order chi connectivity index (χ1) is 9.13. The number of aliphatic hydroxyl groups is 1. The van der Waals surface area contributed by atoms with E-state index in [1.165, 1.54) is 0 Å². The van der Waals surface area contributed by atoms with E-state index >= 15 is 0 Å². The number of halogens is 1. The molecule has 1 atom stereocenters. The van der Waals surface area contributed by atoms with Gasteiger partial charge in [-0.25, -0.2) is 0 Å². The molecule has 1 aromatic heterocycles. The number of aliphatic hydroxyl groups excluding tert-OH is 1. The fourth-order valence-corrected chi connectivity index (χ4v) is 2.54. The van der Waals surface area contributed by atoms with E-state index in [0.29, 0.717) is 6.54 Å². The van der Waals surface area contributed by atoms with E-state index in [2.05, 4.69) is 26.3 Å². The molecule has 0 aliphatic rings. The molecule has 0 spiro atoms. The topological polar surface area (TPSA) is 50.1 Å². The number of hydrogen-bond donors (Lipinski definition) is 2. The highest BCUT2D eigenvalue weighted by atomic mass is 79.9. The molecule has 0 radical (unpaired) electrons. The number of aryl methyl sites for hydroxylation is 2. The van der Waals surface area contributed by atoms with Crippen LogP contribution in [-0.2, 0) is 13.6 Å². The van der Waals surface area contributed by atoms with Gasteiger partial charge in [0.2, 0.25) is 0 Å². The van der Waals surface area contributed by atoms with E-state index in [0.717, 1.165) is 21.4 Å². The fourth-order valence-electron chi connectivity index (χ4n) is 2.07. The van der Waals surface area contributed by atoms with Gasteiger partial charge in [-0.3, -0.25) is 4.68 Å². The summed E-state index contributed by atoms with van der Waals surface area (Å²) in [5, 5.41) is 17.2. The van der Waals surface area contributed by atoms with Gasteiger partial charge >= 0.3 is 0 Å². The summed E-state index contributed by atoms with van der Waals surface area (Å²) in [4.78, 5) is 0. The van der Waals surface area contributed by atoms with Crippen LogP contribution in [0.1, 0.15) is 23.0 Å². The van der Waals surface area contributed by atoms with Crippen LogP contribution in [0.3, 0.4) is 0 Å². The zero-order chi connectivity index (χ0) is 13.8. The minimum Gasteiger partial charge on any atom is -0.394 e. The van der Waals surface area contributed by atoms with Crippen molar-refractivity contribution in [1.29, 1.82) is 0 Å². The van der Waals surface area contributed by atoms with E-state index in [9.17, 15) is 5.11 Å². The lowest BCUT2D eigenvalue weighted by Crippen LogP contribution is -2.25. The van der Waals surface area contributed by atoms with Crippen molar-refractivity contribution in [2.24, 2.45) is 7.05 Å². The van der Waals surface area contributed by atoms with Gasteiger partial charge in [0.05, 0.1) is 28.5 Å². The van der Waals surface area contributed by atoms with Crippen molar-refractivity contribution < 1.29 is 5.11 Å². The van der Waals surface area contributed by atoms with Crippen molar-refractivity contribution in [3.8, 4) is 0 Å². The van der Waals surface area contributed by atoms with Crippen molar-refractivity contribution in [3.63, 3.8) is 0 Å². The molecule has 0 saturated carbocycles. The number of aromatic nitrogens is 2. The Kier molecular flexibility index (Phi) is 4.74. The molecule has 1 aromatic carbocycles. The van der Waals surface area contributed by atoms with E-state index in [1.54, 1.807) is 0 Å². The zero-order valence-corrected chi connectivity index (χ0v) is 12.7. The molecule has 5 heteroatoms.